The third-order valence-corrected chi connectivity index (χ3v) is 2.74. The van der Waals surface area contributed by atoms with Crippen molar-refractivity contribution in [3.8, 4) is 0 Å². The van der Waals surface area contributed by atoms with Gasteiger partial charge in [-0.25, -0.2) is 0 Å². The number of likely N-dealkylation sites (N-methyl/N-ethyl adjacent to an activating group) is 1. The number of hydroxylamine groups is 2. The monoisotopic (exact) mass is 203 g/mol. The average Bonchev–Trinajstić information content (AvgIpc) is 2.31. The summed E-state index contributed by atoms with van der Waals surface area (Å²) in [5.74, 6) is 0. The summed E-state index contributed by atoms with van der Waals surface area (Å²) in [6, 6.07) is 10.4. The van der Waals surface area contributed by atoms with Crippen molar-refractivity contribution < 1.29 is 4.84 Å². The van der Waals surface area contributed by atoms with Crippen molar-refractivity contribution in [3.05, 3.63) is 47.5 Å². The lowest BCUT2D eigenvalue weighted by Gasteiger charge is -2.31. The van der Waals surface area contributed by atoms with Gasteiger partial charge < -0.3 is 0 Å². The van der Waals surface area contributed by atoms with Gasteiger partial charge in [0, 0.05) is 13.1 Å². The van der Waals surface area contributed by atoms with Gasteiger partial charge in [-0.1, -0.05) is 43.3 Å². The maximum atomic E-state index is 5.90. The summed E-state index contributed by atoms with van der Waals surface area (Å²) in [4.78, 5) is 5.90. The van der Waals surface area contributed by atoms with Crippen LogP contribution in [0.15, 0.2) is 42.0 Å². The highest BCUT2D eigenvalue weighted by Gasteiger charge is 2.21. The lowest BCUT2D eigenvalue weighted by molar-refractivity contribution is -0.188. The van der Waals surface area contributed by atoms with Crippen LogP contribution in [0.3, 0.4) is 0 Å². The SMILES string of the molecule is CCN1CC=C(C)C(c2ccccc2)O1. The van der Waals surface area contributed by atoms with Crippen LogP contribution in [-0.2, 0) is 4.84 Å². The Morgan fingerprint density at radius 1 is 1.33 bits per heavy atom. The number of benzene rings is 1. The van der Waals surface area contributed by atoms with Gasteiger partial charge in [-0.05, 0) is 18.1 Å². The molecule has 2 nitrogen and oxygen atoms in total. The summed E-state index contributed by atoms with van der Waals surface area (Å²) in [5.41, 5.74) is 2.52. The minimum absolute atomic E-state index is 0.0971. The molecule has 2 heteroatoms. The average molecular weight is 203 g/mol. The second-order valence-electron chi connectivity index (χ2n) is 3.82. The van der Waals surface area contributed by atoms with Gasteiger partial charge in [0.1, 0.15) is 6.10 Å². The maximum absolute atomic E-state index is 5.90. The molecule has 0 aromatic heterocycles. The van der Waals surface area contributed by atoms with Crippen LogP contribution in [0.5, 0.6) is 0 Å². The van der Waals surface area contributed by atoms with E-state index in [1.54, 1.807) is 0 Å². The largest absolute Gasteiger partial charge is 0.286 e. The lowest BCUT2D eigenvalue weighted by Crippen LogP contribution is -2.30. The fraction of sp³-hybridized carbons (Fsp3) is 0.385. The molecule has 0 N–H and O–H groups in total. The zero-order chi connectivity index (χ0) is 10.7. The van der Waals surface area contributed by atoms with Crippen molar-refractivity contribution in [2.45, 2.75) is 20.0 Å². The lowest BCUT2D eigenvalue weighted by atomic mass is 10.0. The minimum atomic E-state index is 0.0971. The van der Waals surface area contributed by atoms with Gasteiger partial charge in [-0.2, -0.15) is 5.06 Å². The van der Waals surface area contributed by atoms with Gasteiger partial charge in [-0.3, -0.25) is 4.84 Å². The molecule has 1 heterocycles. The molecule has 1 aliphatic heterocycles. The summed E-state index contributed by atoms with van der Waals surface area (Å²) in [6.07, 6.45) is 2.34. The predicted molar refractivity (Wildman–Crippen MR) is 61.3 cm³/mol. The molecule has 15 heavy (non-hydrogen) atoms. The van der Waals surface area contributed by atoms with Crippen molar-refractivity contribution in [1.82, 2.24) is 5.06 Å². The van der Waals surface area contributed by atoms with Crippen LogP contribution in [0.2, 0.25) is 0 Å². The quantitative estimate of drug-likeness (QED) is 0.685. The van der Waals surface area contributed by atoms with Crippen LogP contribution in [0, 0.1) is 0 Å². The first-order valence-electron chi connectivity index (χ1n) is 5.44. The maximum Gasteiger partial charge on any atom is 0.125 e. The van der Waals surface area contributed by atoms with E-state index in [9.17, 15) is 0 Å². The smallest absolute Gasteiger partial charge is 0.125 e. The highest BCUT2D eigenvalue weighted by atomic mass is 16.7. The highest BCUT2D eigenvalue weighted by Crippen LogP contribution is 2.29. The fourth-order valence-electron chi connectivity index (χ4n) is 1.78. The first-order chi connectivity index (χ1) is 7.31. The van der Waals surface area contributed by atoms with E-state index in [0.717, 1.165) is 13.1 Å². The molecule has 0 aliphatic carbocycles. The fourth-order valence-corrected chi connectivity index (χ4v) is 1.78. The Bertz CT molecular complexity index is 345. The topological polar surface area (TPSA) is 12.5 Å². The van der Waals surface area contributed by atoms with Gasteiger partial charge >= 0.3 is 0 Å². The van der Waals surface area contributed by atoms with Gasteiger partial charge in [-0.15, -0.1) is 0 Å². The zero-order valence-electron chi connectivity index (χ0n) is 9.31. The molecule has 0 radical (unpaired) electrons. The Hall–Kier alpha value is -1.12. The van der Waals surface area contributed by atoms with E-state index in [4.69, 9.17) is 4.84 Å². The molecule has 0 amide bonds. The first-order valence-corrected chi connectivity index (χ1v) is 5.44. The van der Waals surface area contributed by atoms with Crippen molar-refractivity contribution in [2.24, 2.45) is 0 Å². The molecule has 2 rings (SSSR count). The summed E-state index contributed by atoms with van der Waals surface area (Å²) < 4.78 is 0. The van der Waals surface area contributed by atoms with E-state index in [1.165, 1.54) is 11.1 Å². The van der Waals surface area contributed by atoms with Crippen LogP contribution in [0.4, 0.5) is 0 Å². The molecule has 1 aliphatic rings. The van der Waals surface area contributed by atoms with Crippen molar-refractivity contribution in [2.75, 3.05) is 13.1 Å². The molecular weight excluding hydrogens is 186 g/mol. The van der Waals surface area contributed by atoms with Crippen LogP contribution >= 0.6 is 0 Å². The van der Waals surface area contributed by atoms with Crippen LogP contribution < -0.4 is 0 Å². The summed E-state index contributed by atoms with van der Waals surface area (Å²) in [6.45, 7) is 6.06. The van der Waals surface area contributed by atoms with Crippen LogP contribution in [-0.4, -0.2) is 18.2 Å². The molecular formula is C13H17NO. The molecule has 1 aromatic rings. The molecule has 0 saturated heterocycles. The van der Waals surface area contributed by atoms with Crippen LogP contribution in [0.1, 0.15) is 25.5 Å². The van der Waals surface area contributed by atoms with Crippen molar-refractivity contribution in [1.29, 1.82) is 0 Å². The van der Waals surface area contributed by atoms with Crippen molar-refractivity contribution in [3.63, 3.8) is 0 Å². The Morgan fingerprint density at radius 2 is 2.07 bits per heavy atom. The molecule has 80 valence electrons. The summed E-state index contributed by atoms with van der Waals surface area (Å²) in [7, 11) is 0. The van der Waals surface area contributed by atoms with E-state index in [0.29, 0.717) is 0 Å². The number of rotatable bonds is 2. The summed E-state index contributed by atoms with van der Waals surface area (Å²) >= 11 is 0. The van der Waals surface area contributed by atoms with E-state index < -0.39 is 0 Å². The van der Waals surface area contributed by atoms with E-state index in [1.807, 2.05) is 11.1 Å². The zero-order valence-corrected chi connectivity index (χ0v) is 9.31. The number of hydrogen-bond acceptors (Lipinski definition) is 2. The molecule has 1 atom stereocenters. The van der Waals surface area contributed by atoms with E-state index >= 15 is 0 Å². The third kappa shape index (κ3) is 2.28. The summed E-state index contributed by atoms with van der Waals surface area (Å²) in [5, 5.41) is 1.99. The third-order valence-electron chi connectivity index (χ3n) is 2.74. The molecule has 1 aromatic carbocycles. The van der Waals surface area contributed by atoms with Crippen LogP contribution in [0.25, 0.3) is 0 Å². The molecule has 1 unspecified atom stereocenters. The Kier molecular flexibility index (Phi) is 3.19. The van der Waals surface area contributed by atoms with Gasteiger partial charge in [0.05, 0.1) is 0 Å². The van der Waals surface area contributed by atoms with E-state index in [2.05, 4.69) is 44.2 Å². The second kappa shape index (κ2) is 4.60. The Morgan fingerprint density at radius 3 is 2.73 bits per heavy atom. The van der Waals surface area contributed by atoms with Gasteiger partial charge in [0.15, 0.2) is 0 Å². The Balaban J connectivity index is 2.21. The molecule has 0 spiro atoms. The normalized spacial score (nSPS) is 22.5. The standard InChI is InChI=1S/C13H17NO/c1-3-14-10-9-11(2)13(15-14)12-7-5-4-6-8-12/h4-9,13H,3,10H2,1-2H3. The van der Waals surface area contributed by atoms with Crippen molar-refractivity contribution >= 4 is 0 Å². The molecule has 0 bridgehead atoms. The Labute approximate surface area is 91.1 Å². The molecule has 0 saturated carbocycles. The van der Waals surface area contributed by atoms with E-state index in [-0.39, 0.29) is 6.10 Å². The number of hydrogen-bond donors (Lipinski definition) is 0. The second-order valence-corrected chi connectivity index (χ2v) is 3.82. The van der Waals surface area contributed by atoms with Gasteiger partial charge in [0.25, 0.3) is 0 Å². The van der Waals surface area contributed by atoms with Gasteiger partial charge in [0.2, 0.25) is 0 Å². The number of nitrogens with zero attached hydrogens (tertiary/aromatic N) is 1. The minimum Gasteiger partial charge on any atom is -0.286 e. The predicted octanol–water partition coefficient (Wildman–Crippen LogP) is 2.94. The molecule has 0 fully saturated rings. The highest BCUT2D eigenvalue weighted by molar-refractivity contribution is 5.26. The first kappa shape index (κ1) is 10.4.